The smallest absolute Gasteiger partial charge is 0.0654 e. The van der Waals surface area contributed by atoms with Crippen LogP contribution in [0.1, 0.15) is 40.5 Å². The zero-order valence-corrected chi connectivity index (χ0v) is 11.7. The maximum Gasteiger partial charge on any atom is 0.0654 e. The minimum Gasteiger partial charge on any atom is -0.396 e. The molecule has 2 N–H and O–H groups in total. The second kappa shape index (κ2) is 15.4. The Hall–Kier alpha value is -0.640. The Labute approximate surface area is 106 Å². The molecule has 0 aliphatic carbocycles. The fourth-order valence-electron chi connectivity index (χ4n) is 0.743. The molecule has 102 valence electrons. The third-order valence-electron chi connectivity index (χ3n) is 1.79. The van der Waals surface area contributed by atoms with Crippen LogP contribution in [0, 0.1) is 0 Å². The van der Waals surface area contributed by atoms with Crippen molar-refractivity contribution in [2.24, 2.45) is 0 Å². The van der Waals surface area contributed by atoms with Crippen LogP contribution in [0.25, 0.3) is 0 Å². The van der Waals surface area contributed by atoms with Crippen LogP contribution in [-0.2, 0) is 4.74 Å². The Morgan fingerprint density at radius 1 is 0.824 bits per heavy atom. The van der Waals surface area contributed by atoms with Gasteiger partial charge in [0.2, 0.25) is 0 Å². The zero-order chi connectivity index (χ0) is 13.5. The lowest BCUT2D eigenvalue weighted by Gasteiger charge is -1.96. The maximum atomic E-state index is 8.09. The Balaban J connectivity index is 0. The van der Waals surface area contributed by atoms with E-state index in [0.717, 1.165) is 26.1 Å². The van der Waals surface area contributed by atoms with Crippen LogP contribution in [0.5, 0.6) is 0 Å². The number of ether oxygens (including phenoxy) is 1. The topological polar surface area (TPSA) is 49.7 Å². The average molecular weight is 244 g/mol. The Kier molecular flexibility index (Phi) is 16.9. The molecule has 0 aromatic heterocycles. The predicted molar refractivity (Wildman–Crippen MR) is 73.1 cm³/mol. The summed E-state index contributed by atoms with van der Waals surface area (Å²) in [5, 5.41) is 16.2. The van der Waals surface area contributed by atoms with Crippen molar-refractivity contribution >= 4 is 0 Å². The van der Waals surface area contributed by atoms with E-state index in [1.54, 1.807) is 0 Å². The van der Waals surface area contributed by atoms with Crippen molar-refractivity contribution in [3.63, 3.8) is 0 Å². The summed E-state index contributed by atoms with van der Waals surface area (Å²) in [6.07, 6.45) is 5.60. The molecule has 0 amide bonds. The highest BCUT2D eigenvalue weighted by Crippen LogP contribution is 1.91. The number of unbranched alkanes of at least 4 members (excludes halogenated alkanes) is 1. The van der Waals surface area contributed by atoms with E-state index in [2.05, 4.69) is 39.8 Å². The number of aliphatic hydroxyl groups is 2. The van der Waals surface area contributed by atoms with Gasteiger partial charge in [0.1, 0.15) is 0 Å². The van der Waals surface area contributed by atoms with Gasteiger partial charge in [0, 0.05) is 13.2 Å². The molecule has 0 radical (unpaired) electrons. The quantitative estimate of drug-likeness (QED) is 0.535. The van der Waals surface area contributed by atoms with Crippen LogP contribution in [0.4, 0.5) is 0 Å². The minimum atomic E-state index is 0.195. The van der Waals surface area contributed by atoms with Gasteiger partial charge in [-0.3, -0.25) is 0 Å². The van der Waals surface area contributed by atoms with Crippen molar-refractivity contribution in [2.75, 3.05) is 26.4 Å². The van der Waals surface area contributed by atoms with E-state index in [-0.39, 0.29) is 13.2 Å². The number of hydrogen-bond acceptors (Lipinski definition) is 3. The third kappa shape index (κ3) is 25.5. The van der Waals surface area contributed by atoms with E-state index >= 15 is 0 Å². The molecule has 0 saturated heterocycles. The second-order valence-electron chi connectivity index (χ2n) is 4.25. The predicted octanol–water partition coefficient (Wildman–Crippen LogP) is 2.69. The van der Waals surface area contributed by atoms with Crippen LogP contribution in [0.3, 0.4) is 0 Å². The highest BCUT2D eigenvalue weighted by Gasteiger charge is 1.81. The van der Waals surface area contributed by atoms with E-state index in [1.165, 1.54) is 11.1 Å². The van der Waals surface area contributed by atoms with E-state index in [1.807, 2.05) is 0 Å². The molecular formula is C14H28O3. The fourth-order valence-corrected chi connectivity index (χ4v) is 0.743. The van der Waals surface area contributed by atoms with Crippen molar-refractivity contribution in [1.29, 1.82) is 0 Å². The summed E-state index contributed by atoms with van der Waals surface area (Å²) in [5.41, 5.74) is 2.62. The summed E-state index contributed by atoms with van der Waals surface area (Å²) < 4.78 is 5.30. The van der Waals surface area contributed by atoms with Crippen LogP contribution >= 0.6 is 0 Å². The molecule has 0 heterocycles. The highest BCUT2D eigenvalue weighted by atomic mass is 16.5. The lowest BCUT2D eigenvalue weighted by molar-refractivity contribution is 0.193. The molecule has 0 aliphatic heterocycles. The lowest BCUT2D eigenvalue weighted by atomic mass is 10.3. The van der Waals surface area contributed by atoms with E-state index in [4.69, 9.17) is 14.9 Å². The fraction of sp³-hybridized carbons (Fsp3) is 0.714. The second-order valence-corrected chi connectivity index (χ2v) is 4.25. The first-order valence-electron chi connectivity index (χ1n) is 6.10. The van der Waals surface area contributed by atoms with Crippen molar-refractivity contribution in [3.05, 3.63) is 23.3 Å². The molecule has 0 saturated carbocycles. The van der Waals surface area contributed by atoms with E-state index in [9.17, 15) is 0 Å². The van der Waals surface area contributed by atoms with Gasteiger partial charge >= 0.3 is 0 Å². The molecule has 0 aromatic carbocycles. The number of hydrogen-bond donors (Lipinski definition) is 2. The van der Waals surface area contributed by atoms with Gasteiger partial charge in [0.25, 0.3) is 0 Å². The molecule has 3 nitrogen and oxygen atoms in total. The van der Waals surface area contributed by atoms with Crippen molar-refractivity contribution < 1.29 is 14.9 Å². The molecule has 0 rings (SSSR count). The van der Waals surface area contributed by atoms with Gasteiger partial charge < -0.3 is 14.9 Å². The number of allylic oxidation sites excluding steroid dienone is 2. The van der Waals surface area contributed by atoms with Gasteiger partial charge in [-0.05, 0) is 40.5 Å². The molecule has 0 spiro atoms. The molecule has 0 atom stereocenters. The standard InChI is InChI=1S/C10H18O.C4H10O2/c1-9(2)5-7-11-8-6-10(3)4;5-3-1-2-4-6/h5-6H,7-8H2,1-4H3;5-6H,1-4H2. The zero-order valence-electron chi connectivity index (χ0n) is 11.7. The Morgan fingerprint density at radius 3 is 1.41 bits per heavy atom. The van der Waals surface area contributed by atoms with Crippen molar-refractivity contribution in [1.82, 2.24) is 0 Å². The summed E-state index contributed by atoms with van der Waals surface area (Å²) in [6, 6.07) is 0. The van der Waals surface area contributed by atoms with Crippen LogP contribution in [-0.4, -0.2) is 36.6 Å². The maximum absolute atomic E-state index is 8.09. The van der Waals surface area contributed by atoms with Crippen LogP contribution in [0.15, 0.2) is 23.3 Å². The minimum absolute atomic E-state index is 0.195. The number of aliphatic hydroxyl groups excluding tert-OH is 2. The summed E-state index contributed by atoms with van der Waals surface area (Å²) >= 11 is 0. The van der Waals surface area contributed by atoms with Crippen LogP contribution < -0.4 is 0 Å². The van der Waals surface area contributed by atoms with Gasteiger partial charge in [-0.2, -0.15) is 0 Å². The van der Waals surface area contributed by atoms with E-state index in [0.29, 0.717) is 0 Å². The van der Waals surface area contributed by atoms with Gasteiger partial charge in [0.05, 0.1) is 13.2 Å². The monoisotopic (exact) mass is 244 g/mol. The van der Waals surface area contributed by atoms with Crippen molar-refractivity contribution in [2.45, 2.75) is 40.5 Å². The average Bonchev–Trinajstić information content (AvgIpc) is 2.26. The summed E-state index contributed by atoms with van der Waals surface area (Å²) in [4.78, 5) is 0. The van der Waals surface area contributed by atoms with Gasteiger partial charge in [-0.25, -0.2) is 0 Å². The highest BCUT2D eigenvalue weighted by molar-refractivity contribution is 4.95. The first kappa shape index (κ1) is 18.7. The molecule has 0 fully saturated rings. The van der Waals surface area contributed by atoms with Gasteiger partial charge in [0.15, 0.2) is 0 Å². The Bertz CT molecular complexity index is 178. The van der Waals surface area contributed by atoms with E-state index < -0.39 is 0 Å². The molecule has 3 heteroatoms. The summed E-state index contributed by atoms with van der Waals surface area (Å²) in [6.45, 7) is 10.1. The number of rotatable bonds is 7. The van der Waals surface area contributed by atoms with Gasteiger partial charge in [-0.1, -0.05) is 23.3 Å². The lowest BCUT2D eigenvalue weighted by Crippen LogP contribution is -1.91. The largest absolute Gasteiger partial charge is 0.396 e. The molecule has 0 bridgehead atoms. The molecule has 0 aliphatic rings. The third-order valence-corrected chi connectivity index (χ3v) is 1.79. The first-order chi connectivity index (χ1) is 8.04. The molecule has 17 heavy (non-hydrogen) atoms. The first-order valence-corrected chi connectivity index (χ1v) is 6.10. The summed E-state index contributed by atoms with van der Waals surface area (Å²) in [7, 11) is 0. The molecule has 0 aromatic rings. The normalized spacial score (nSPS) is 9.06. The molecule has 0 unspecified atom stereocenters. The Morgan fingerprint density at radius 2 is 1.18 bits per heavy atom. The SMILES string of the molecule is CC(C)=CCOCC=C(C)C.OCCCCO. The van der Waals surface area contributed by atoms with Gasteiger partial charge in [-0.15, -0.1) is 0 Å². The summed E-state index contributed by atoms with van der Waals surface area (Å²) in [5.74, 6) is 0. The molecular weight excluding hydrogens is 216 g/mol. The van der Waals surface area contributed by atoms with Crippen LogP contribution in [0.2, 0.25) is 0 Å². The van der Waals surface area contributed by atoms with Crippen molar-refractivity contribution in [3.8, 4) is 0 Å².